The number of likely N-dealkylation sites (N-methyl/N-ethyl adjacent to an activating group) is 1. The van der Waals surface area contributed by atoms with E-state index in [-0.39, 0.29) is 19.0 Å². The number of benzene rings is 1. The number of hydrogen-bond donors (Lipinski definition) is 2. The molecule has 0 aromatic heterocycles. The fourth-order valence-corrected chi connectivity index (χ4v) is 1.93. The van der Waals surface area contributed by atoms with Crippen LogP contribution < -0.4 is 11.1 Å². The third-order valence-corrected chi connectivity index (χ3v) is 3.53. The van der Waals surface area contributed by atoms with E-state index in [4.69, 9.17) is 5.73 Å². The standard InChI is InChI=1S/C16H22F3N3O2/c1-10(2)14(20)15(24)21-8-13(23)22(3)9-11-5-4-6-12(7-11)16(17,18)19/h4-7,10,14H,8-9,20H2,1-3H3,(H,21,24)/t14-/m0/s1. The van der Waals surface area contributed by atoms with Gasteiger partial charge in [0.2, 0.25) is 11.8 Å². The lowest BCUT2D eigenvalue weighted by Crippen LogP contribution is -2.47. The summed E-state index contributed by atoms with van der Waals surface area (Å²) in [5, 5.41) is 2.43. The van der Waals surface area contributed by atoms with Gasteiger partial charge in [0.1, 0.15) is 0 Å². The lowest BCUT2D eigenvalue weighted by atomic mass is 10.1. The van der Waals surface area contributed by atoms with Crippen molar-refractivity contribution in [2.75, 3.05) is 13.6 Å². The van der Waals surface area contributed by atoms with E-state index in [1.54, 1.807) is 13.8 Å². The SMILES string of the molecule is CC(C)[C@H](N)C(=O)NCC(=O)N(C)Cc1cccc(C(F)(F)F)c1. The fraction of sp³-hybridized carbons (Fsp3) is 0.500. The van der Waals surface area contributed by atoms with Crippen LogP contribution >= 0.6 is 0 Å². The van der Waals surface area contributed by atoms with Gasteiger partial charge in [0, 0.05) is 13.6 Å². The van der Waals surface area contributed by atoms with E-state index >= 15 is 0 Å². The first-order valence-corrected chi connectivity index (χ1v) is 7.45. The van der Waals surface area contributed by atoms with Crippen LogP contribution in [-0.2, 0) is 22.3 Å². The average molecular weight is 345 g/mol. The summed E-state index contributed by atoms with van der Waals surface area (Å²) in [7, 11) is 1.46. The first-order chi connectivity index (χ1) is 11.0. The molecule has 0 bridgehead atoms. The Morgan fingerprint density at radius 1 is 1.29 bits per heavy atom. The minimum absolute atomic E-state index is 0.00879. The molecule has 0 aliphatic carbocycles. The molecular weight excluding hydrogens is 323 g/mol. The van der Waals surface area contributed by atoms with Gasteiger partial charge >= 0.3 is 6.18 Å². The Labute approximate surface area is 139 Å². The highest BCUT2D eigenvalue weighted by Crippen LogP contribution is 2.29. The summed E-state index contributed by atoms with van der Waals surface area (Å²) in [6.45, 7) is 3.32. The maximum Gasteiger partial charge on any atom is 0.416 e. The number of amides is 2. The summed E-state index contributed by atoms with van der Waals surface area (Å²) < 4.78 is 38.0. The number of rotatable bonds is 6. The van der Waals surface area contributed by atoms with E-state index in [0.29, 0.717) is 5.56 Å². The van der Waals surface area contributed by atoms with Gasteiger partial charge in [-0.25, -0.2) is 0 Å². The van der Waals surface area contributed by atoms with Gasteiger partial charge in [-0.2, -0.15) is 13.2 Å². The molecule has 0 aliphatic rings. The number of nitrogens with one attached hydrogen (secondary N) is 1. The van der Waals surface area contributed by atoms with Gasteiger partial charge in [0.15, 0.2) is 0 Å². The average Bonchev–Trinajstić information content (AvgIpc) is 2.50. The lowest BCUT2D eigenvalue weighted by Gasteiger charge is -2.20. The summed E-state index contributed by atoms with van der Waals surface area (Å²) in [6, 6.07) is 4.05. The Morgan fingerprint density at radius 3 is 2.46 bits per heavy atom. The zero-order chi connectivity index (χ0) is 18.5. The Morgan fingerprint density at radius 2 is 1.92 bits per heavy atom. The van der Waals surface area contributed by atoms with Crippen LogP contribution in [0.3, 0.4) is 0 Å². The number of nitrogens with zero attached hydrogens (tertiary/aromatic N) is 1. The van der Waals surface area contributed by atoms with Gasteiger partial charge in [0.05, 0.1) is 18.2 Å². The number of hydrogen-bond acceptors (Lipinski definition) is 3. The monoisotopic (exact) mass is 345 g/mol. The van der Waals surface area contributed by atoms with E-state index in [9.17, 15) is 22.8 Å². The van der Waals surface area contributed by atoms with Gasteiger partial charge in [-0.05, 0) is 23.6 Å². The Hall–Kier alpha value is -2.09. The quantitative estimate of drug-likeness (QED) is 0.825. The normalized spacial score (nSPS) is 12.8. The maximum atomic E-state index is 12.7. The van der Waals surface area contributed by atoms with Crippen molar-refractivity contribution in [3.8, 4) is 0 Å². The van der Waals surface area contributed by atoms with Crippen LogP contribution in [0.1, 0.15) is 25.0 Å². The molecule has 3 N–H and O–H groups in total. The minimum Gasteiger partial charge on any atom is -0.346 e. The Kier molecular flexibility index (Phi) is 6.77. The number of carbonyl (C=O) groups is 2. The summed E-state index contributed by atoms with van der Waals surface area (Å²) in [5.74, 6) is -0.925. The van der Waals surface area contributed by atoms with Crippen molar-refractivity contribution >= 4 is 11.8 Å². The Balaban J connectivity index is 2.60. The van der Waals surface area contributed by atoms with Gasteiger partial charge in [0.25, 0.3) is 0 Å². The highest BCUT2D eigenvalue weighted by Gasteiger charge is 2.30. The highest BCUT2D eigenvalue weighted by atomic mass is 19.4. The molecule has 1 atom stereocenters. The summed E-state index contributed by atoms with van der Waals surface area (Å²) in [5.41, 5.74) is 5.25. The van der Waals surface area contributed by atoms with E-state index in [2.05, 4.69) is 5.32 Å². The number of carbonyl (C=O) groups excluding carboxylic acids is 2. The van der Waals surface area contributed by atoms with Crippen molar-refractivity contribution in [3.05, 3.63) is 35.4 Å². The lowest BCUT2D eigenvalue weighted by molar-refractivity contribution is -0.137. The Bertz CT molecular complexity index is 588. The molecule has 5 nitrogen and oxygen atoms in total. The van der Waals surface area contributed by atoms with E-state index < -0.39 is 29.6 Å². The maximum absolute atomic E-state index is 12.7. The van der Waals surface area contributed by atoms with Gasteiger partial charge in [-0.1, -0.05) is 26.0 Å². The zero-order valence-corrected chi connectivity index (χ0v) is 13.9. The molecule has 1 aromatic carbocycles. The summed E-state index contributed by atoms with van der Waals surface area (Å²) >= 11 is 0. The minimum atomic E-state index is -4.43. The third-order valence-electron chi connectivity index (χ3n) is 3.53. The number of alkyl halides is 3. The van der Waals surface area contributed by atoms with Gasteiger partial charge in [-0.3, -0.25) is 9.59 Å². The number of halogens is 3. The van der Waals surface area contributed by atoms with E-state index in [1.165, 1.54) is 24.1 Å². The second-order valence-electron chi connectivity index (χ2n) is 5.94. The molecule has 0 heterocycles. The van der Waals surface area contributed by atoms with Crippen LogP contribution in [0.5, 0.6) is 0 Å². The van der Waals surface area contributed by atoms with E-state index in [0.717, 1.165) is 12.1 Å². The predicted octanol–water partition coefficient (Wildman–Crippen LogP) is 1.76. The van der Waals surface area contributed by atoms with Crippen LogP contribution in [0.25, 0.3) is 0 Å². The molecular formula is C16H22F3N3O2. The first kappa shape index (κ1) is 20.0. The van der Waals surface area contributed by atoms with Gasteiger partial charge < -0.3 is 16.0 Å². The van der Waals surface area contributed by atoms with Gasteiger partial charge in [-0.15, -0.1) is 0 Å². The van der Waals surface area contributed by atoms with Crippen molar-refractivity contribution in [1.82, 2.24) is 10.2 Å². The van der Waals surface area contributed by atoms with Crippen molar-refractivity contribution in [3.63, 3.8) is 0 Å². The molecule has 0 saturated heterocycles. The fourth-order valence-electron chi connectivity index (χ4n) is 1.93. The molecule has 8 heteroatoms. The smallest absolute Gasteiger partial charge is 0.346 e. The summed E-state index contributed by atoms with van der Waals surface area (Å²) in [4.78, 5) is 24.9. The molecule has 0 unspecified atom stereocenters. The van der Waals surface area contributed by atoms with Crippen molar-refractivity contribution < 1.29 is 22.8 Å². The molecule has 0 spiro atoms. The van der Waals surface area contributed by atoms with Crippen molar-refractivity contribution in [2.24, 2.45) is 11.7 Å². The highest BCUT2D eigenvalue weighted by molar-refractivity contribution is 5.87. The molecule has 0 radical (unpaired) electrons. The van der Waals surface area contributed by atoms with Crippen LogP contribution in [0.15, 0.2) is 24.3 Å². The second-order valence-corrected chi connectivity index (χ2v) is 5.94. The molecule has 134 valence electrons. The van der Waals surface area contributed by atoms with Crippen LogP contribution in [0, 0.1) is 5.92 Å². The third kappa shape index (κ3) is 5.84. The van der Waals surface area contributed by atoms with Crippen LogP contribution in [0.2, 0.25) is 0 Å². The molecule has 1 rings (SSSR count). The van der Waals surface area contributed by atoms with Crippen LogP contribution in [-0.4, -0.2) is 36.3 Å². The molecule has 2 amide bonds. The first-order valence-electron chi connectivity index (χ1n) is 7.45. The van der Waals surface area contributed by atoms with Crippen molar-refractivity contribution in [1.29, 1.82) is 0 Å². The zero-order valence-electron chi connectivity index (χ0n) is 13.9. The molecule has 0 aliphatic heterocycles. The molecule has 0 fully saturated rings. The largest absolute Gasteiger partial charge is 0.416 e. The topological polar surface area (TPSA) is 75.4 Å². The van der Waals surface area contributed by atoms with Crippen molar-refractivity contribution in [2.45, 2.75) is 32.6 Å². The molecule has 1 aromatic rings. The summed E-state index contributed by atoms with van der Waals surface area (Å²) in [6.07, 6.45) is -4.43. The predicted molar refractivity (Wildman–Crippen MR) is 83.7 cm³/mol. The van der Waals surface area contributed by atoms with E-state index in [1.807, 2.05) is 0 Å². The second kappa shape index (κ2) is 8.14. The number of nitrogens with two attached hydrogens (primary N) is 1. The molecule has 0 saturated carbocycles. The molecule has 24 heavy (non-hydrogen) atoms. The van der Waals surface area contributed by atoms with Crippen LogP contribution in [0.4, 0.5) is 13.2 Å².